The maximum Gasteiger partial charge on any atom is 0.240 e. The van der Waals surface area contributed by atoms with Crippen molar-refractivity contribution in [3.05, 3.63) is 18.3 Å². The summed E-state index contributed by atoms with van der Waals surface area (Å²) in [5.74, 6) is 0.121. The molecular weight excluding hydrogens is 204 g/mol. The predicted octanol–water partition coefficient (Wildman–Crippen LogP) is -0.285. The molecule has 0 aliphatic heterocycles. The van der Waals surface area contributed by atoms with Crippen LogP contribution in [0.4, 0.5) is 5.95 Å². The van der Waals surface area contributed by atoms with Crippen LogP contribution >= 0.6 is 0 Å². The Hall–Kier alpha value is -1.63. The molecule has 2 aromatic heterocycles. The van der Waals surface area contributed by atoms with Crippen LogP contribution in [0.3, 0.4) is 0 Å². The van der Waals surface area contributed by atoms with Crippen LogP contribution in [-0.4, -0.2) is 29.3 Å². The van der Waals surface area contributed by atoms with E-state index in [0.717, 1.165) is 6.26 Å². The minimum atomic E-state index is -3.21. The van der Waals surface area contributed by atoms with Gasteiger partial charge >= 0.3 is 0 Å². The van der Waals surface area contributed by atoms with Crippen molar-refractivity contribution in [3.63, 3.8) is 0 Å². The lowest BCUT2D eigenvalue weighted by Gasteiger charge is -1.97. The van der Waals surface area contributed by atoms with Crippen molar-refractivity contribution in [1.82, 2.24) is 14.6 Å². The fourth-order valence-corrected chi connectivity index (χ4v) is 1.71. The fraction of sp³-hybridized carbons (Fsp3) is 0.143. The van der Waals surface area contributed by atoms with Crippen molar-refractivity contribution in [2.45, 2.75) is 4.90 Å². The molecule has 0 aliphatic rings. The summed E-state index contributed by atoms with van der Waals surface area (Å²) >= 11 is 0. The van der Waals surface area contributed by atoms with Crippen molar-refractivity contribution in [3.8, 4) is 0 Å². The zero-order valence-corrected chi connectivity index (χ0v) is 8.19. The molecule has 2 N–H and O–H groups in total. The molecular formula is C7H8N4O2S. The standard InChI is InChI=1S/C7H8N4O2S/c1-14(12,13)5-2-3-6-9-7(8)10-11(6)4-5/h2-4H,1H3,(H2,8,10). The van der Waals surface area contributed by atoms with E-state index in [1.807, 2.05) is 0 Å². The lowest BCUT2D eigenvalue weighted by atomic mass is 10.5. The van der Waals surface area contributed by atoms with Gasteiger partial charge in [-0.25, -0.2) is 12.9 Å². The summed E-state index contributed by atoms with van der Waals surface area (Å²) in [4.78, 5) is 4.06. The van der Waals surface area contributed by atoms with E-state index in [4.69, 9.17) is 5.73 Å². The predicted molar refractivity (Wildman–Crippen MR) is 50.5 cm³/mol. The molecule has 0 saturated heterocycles. The summed E-state index contributed by atoms with van der Waals surface area (Å²) in [5, 5.41) is 3.81. The summed E-state index contributed by atoms with van der Waals surface area (Å²) in [5.41, 5.74) is 5.88. The van der Waals surface area contributed by atoms with Crippen molar-refractivity contribution in [2.24, 2.45) is 0 Å². The Balaban J connectivity index is 2.74. The molecule has 14 heavy (non-hydrogen) atoms. The molecule has 2 heterocycles. The van der Waals surface area contributed by atoms with E-state index in [9.17, 15) is 8.42 Å². The van der Waals surface area contributed by atoms with E-state index in [0.29, 0.717) is 5.65 Å². The highest BCUT2D eigenvalue weighted by atomic mass is 32.2. The minimum Gasteiger partial charge on any atom is -0.366 e. The Bertz CT molecular complexity index is 587. The van der Waals surface area contributed by atoms with Gasteiger partial charge in [-0.1, -0.05) is 0 Å². The van der Waals surface area contributed by atoms with Gasteiger partial charge in [0.05, 0.1) is 4.90 Å². The third-order valence-corrected chi connectivity index (χ3v) is 2.85. The number of hydrogen-bond donors (Lipinski definition) is 1. The van der Waals surface area contributed by atoms with Crippen LogP contribution in [0, 0.1) is 0 Å². The SMILES string of the molecule is CS(=O)(=O)c1ccc2nc(N)nn2c1. The molecule has 0 fully saturated rings. The first-order valence-corrected chi connectivity index (χ1v) is 5.68. The molecule has 0 radical (unpaired) electrons. The van der Waals surface area contributed by atoms with Crippen LogP contribution < -0.4 is 5.73 Å². The van der Waals surface area contributed by atoms with Crippen molar-refractivity contribution >= 4 is 21.4 Å². The molecule has 74 valence electrons. The second-order valence-electron chi connectivity index (χ2n) is 2.91. The molecule has 0 atom stereocenters. The Kier molecular flexibility index (Phi) is 1.71. The van der Waals surface area contributed by atoms with Crippen molar-refractivity contribution in [1.29, 1.82) is 0 Å². The first kappa shape index (κ1) is 8.95. The number of fused-ring (bicyclic) bond motifs is 1. The Labute approximate surface area is 80.3 Å². The van der Waals surface area contributed by atoms with Crippen LogP contribution in [0.5, 0.6) is 0 Å². The summed E-state index contributed by atoms with van der Waals surface area (Å²) in [6.07, 6.45) is 2.52. The zero-order valence-electron chi connectivity index (χ0n) is 7.38. The average Bonchev–Trinajstić information content (AvgIpc) is 2.41. The number of anilines is 1. The van der Waals surface area contributed by atoms with Gasteiger partial charge in [0, 0.05) is 12.5 Å². The summed E-state index contributed by atoms with van der Waals surface area (Å²) in [7, 11) is -3.21. The summed E-state index contributed by atoms with van der Waals surface area (Å²) < 4.78 is 23.7. The summed E-state index contributed by atoms with van der Waals surface area (Å²) in [6.45, 7) is 0. The largest absolute Gasteiger partial charge is 0.366 e. The molecule has 0 amide bonds. The number of aromatic nitrogens is 3. The van der Waals surface area contributed by atoms with Crippen molar-refractivity contribution in [2.75, 3.05) is 12.0 Å². The quantitative estimate of drug-likeness (QED) is 0.701. The van der Waals surface area contributed by atoms with E-state index in [-0.39, 0.29) is 10.8 Å². The van der Waals surface area contributed by atoms with Gasteiger partial charge in [0.1, 0.15) is 0 Å². The normalized spacial score (nSPS) is 12.1. The van der Waals surface area contributed by atoms with E-state index in [1.54, 1.807) is 6.07 Å². The number of rotatable bonds is 1. The van der Waals surface area contributed by atoms with Gasteiger partial charge in [-0.15, -0.1) is 5.10 Å². The average molecular weight is 212 g/mol. The maximum atomic E-state index is 11.2. The molecule has 0 bridgehead atoms. The number of nitrogen functional groups attached to an aromatic ring is 1. The van der Waals surface area contributed by atoms with Crippen LogP contribution in [0.2, 0.25) is 0 Å². The number of nitrogens with zero attached hydrogens (tertiary/aromatic N) is 3. The lowest BCUT2D eigenvalue weighted by Crippen LogP contribution is -1.99. The van der Waals surface area contributed by atoms with Gasteiger partial charge in [0.15, 0.2) is 15.5 Å². The van der Waals surface area contributed by atoms with Crippen LogP contribution in [0.25, 0.3) is 5.65 Å². The van der Waals surface area contributed by atoms with Crippen LogP contribution in [0.1, 0.15) is 0 Å². The molecule has 0 unspecified atom stereocenters. The molecule has 2 aromatic rings. The third-order valence-electron chi connectivity index (χ3n) is 1.75. The Morgan fingerprint density at radius 1 is 1.43 bits per heavy atom. The first-order chi connectivity index (χ1) is 6.47. The highest BCUT2D eigenvalue weighted by molar-refractivity contribution is 7.90. The van der Waals surface area contributed by atoms with E-state index < -0.39 is 9.84 Å². The molecule has 0 saturated carbocycles. The second-order valence-corrected chi connectivity index (χ2v) is 4.93. The van der Waals surface area contributed by atoms with Gasteiger partial charge in [-0.2, -0.15) is 4.98 Å². The van der Waals surface area contributed by atoms with Gasteiger partial charge in [-0.05, 0) is 12.1 Å². The molecule has 0 spiro atoms. The Morgan fingerprint density at radius 3 is 2.79 bits per heavy atom. The highest BCUT2D eigenvalue weighted by Gasteiger charge is 2.08. The smallest absolute Gasteiger partial charge is 0.240 e. The minimum absolute atomic E-state index is 0.121. The van der Waals surface area contributed by atoms with E-state index in [2.05, 4.69) is 10.1 Å². The zero-order chi connectivity index (χ0) is 10.3. The van der Waals surface area contributed by atoms with Crippen molar-refractivity contribution < 1.29 is 8.42 Å². The number of pyridine rings is 1. The number of sulfone groups is 1. The van der Waals surface area contributed by atoms with Gasteiger partial charge in [-0.3, -0.25) is 0 Å². The van der Waals surface area contributed by atoms with Crippen LogP contribution in [-0.2, 0) is 9.84 Å². The number of hydrogen-bond acceptors (Lipinski definition) is 5. The maximum absolute atomic E-state index is 11.2. The lowest BCUT2D eigenvalue weighted by molar-refractivity contribution is 0.601. The van der Waals surface area contributed by atoms with Gasteiger partial charge < -0.3 is 5.73 Å². The first-order valence-electron chi connectivity index (χ1n) is 3.79. The molecule has 0 aliphatic carbocycles. The van der Waals surface area contributed by atoms with Gasteiger partial charge in [0.2, 0.25) is 5.95 Å². The summed E-state index contributed by atoms with van der Waals surface area (Å²) in [6, 6.07) is 3.03. The fourth-order valence-electron chi connectivity index (χ4n) is 1.10. The molecule has 6 nitrogen and oxygen atoms in total. The molecule has 7 heteroatoms. The number of nitrogens with two attached hydrogens (primary N) is 1. The third kappa shape index (κ3) is 1.41. The molecule has 2 rings (SSSR count). The second kappa shape index (κ2) is 2.68. The van der Waals surface area contributed by atoms with Gasteiger partial charge in [0.25, 0.3) is 0 Å². The topological polar surface area (TPSA) is 90.3 Å². The van der Waals surface area contributed by atoms with E-state index >= 15 is 0 Å². The van der Waals surface area contributed by atoms with Crippen LogP contribution in [0.15, 0.2) is 23.2 Å². The molecule has 0 aromatic carbocycles. The highest BCUT2D eigenvalue weighted by Crippen LogP contribution is 2.10. The Morgan fingerprint density at radius 2 is 2.14 bits per heavy atom. The van der Waals surface area contributed by atoms with E-state index in [1.165, 1.54) is 16.8 Å². The monoisotopic (exact) mass is 212 g/mol.